The van der Waals surface area contributed by atoms with Crippen LogP contribution in [0.25, 0.3) is 0 Å². The lowest BCUT2D eigenvalue weighted by atomic mass is 9.82. The van der Waals surface area contributed by atoms with Crippen molar-refractivity contribution in [3.63, 3.8) is 0 Å². The number of alkyl halides is 1. The molecule has 2 nitrogen and oxygen atoms in total. The van der Waals surface area contributed by atoms with Crippen LogP contribution in [0.2, 0.25) is 0 Å². The number of hydrogen-bond acceptors (Lipinski definition) is 1. The summed E-state index contributed by atoms with van der Waals surface area (Å²) in [6.45, 7) is 0. The van der Waals surface area contributed by atoms with Gasteiger partial charge in [-0.25, -0.2) is 0 Å². The van der Waals surface area contributed by atoms with Gasteiger partial charge < -0.3 is 4.90 Å². The summed E-state index contributed by atoms with van der Waals surface area (Å²) in [6, 6.07) is 0.281. The highest BCUT2D eigenvalue weighted by Gasteiger charge is 2.31. The molecule has 0 radical (unpaired) electrons. The lowest BCUT2D eigenvalue weighted by Gasteiger charge is -2.36. The number of rotatable bonds is 3. The second-order valence-corrected chi connectivity index (χ2v) is 5.93. The van der Waals surface area contributed by atoms with Gasteiger partial charge in [-0.2, -0.15) is 0 Å². The number of hydrogen-bond donors (Lipinski definition) is 0. The van der Waals surface area contributed by atoms with Gasteiger partial charge >= 0.3 is 0 Å². The Morgan fingerprint density at radius 3 is 2.44 bits per heavy atom. The van der Waals surface area contributed by atoms with E-state index in [1.807, 2.05) is 11.9 Å². The van der Waals surface area contributed by atoms with E-state index < -0.39 is 0 Å². The van der Waals surface area contributed by atoms with Gasteiger partial charge in [0.1, 0.15) is 0 Å². The van der Waals surface area contributed by atoms with Gasteiger partial charge in [-0.05, 0) is 31.6 Å². The number of amides is 1. The van der Waals surface area contributed by atoms with E-state index in [1.54, 1.807) is 0 Å². The molecule has 0 spiro atoms. The summed E-state index contributed by atoms with van der Waals surface area (Å²) >= 11 is 6.31. The Labute approximate surface area is 103 Å². The minimum absolute atomic E-state index is 0.170. The molecule has 2 atom stereocenters. The zero-order valence-corrected chi connectivity index (χ0v) is 10.9. The fraction of sp³-hybridized carbons (Fsp3) is 0.923. The van der Waals surface area contributed by atoms with Crippen molar-refractivity contribution in [2.75, 3.05) is 7.05 Å². The summed E-state index contributed by atoms with van der Waals surface area (Å²) in [5.74, 6) is 0.967. The third-order valence-corrected chi connectivity index (χ3v) is 4.74. The maximum atomic E-state index is 12.1. The summed E-state index contributed by atoms with van der Waals surface area (Å²) < 4.78 is 0. The number of nitrogens with zero attached hydrogens (tertiary/aromatic N) is 1. The normalized spacial score (nSPS) is 30.9. The zero-order chi connectivity index (χ0) is 11.5. The molecule has 2 rings (SSSR count). The van der Waals surface area contributed by atoms with Crippen molar-refractivity contribution >= 4 is 17.5 Å². The smallest absolute Gasteiger partial charge is 0.222 e. The third kappa shape index (κ3) is 2.71. The van der Waals surface area contributed by atoms with Gasteiger partial charge in [-0.3, -0.25) is 4.79 Å². The molecule has 1 amide bonds. The predicted molar refractivity (Wildman–Crippen MR) is 66.6 cm³/mol. The summed E-state index contributed by atoms with van der Waals surface area (Å²) in [7, 11) is 1.94. The van der Waals surface area contributed by atoms with Gasteiger partial charge in [0.2, 0.25) is 5.91 Å². The maximum absolute atomic E-state index is 12.1. The van der Waals surface area contributed by atoms with Crippen molar-refractivity contribution in [2.45, 2.75) is 62.8 Å². The molecular weight excluding hydrogens is 222 g/mol. The first-order valence-electron chi connectivity index (χ1n) is 6.58. The molecule has 2 saturated carbocycles. The van der Waals surface area contributed by atoms with Gasteiger partial charge in [0.05, 0.1) is 5.38 Å². The Morgan fingerprint density at radius 2 is 1.88 bits per heavy atom. The molecule has 3 heteroatoms. The molecule has 0 N–H and O–H groups in total. The molecule has 92 valence electrons. The van der Waals surface area contributed by atoms with Crippen LogP contribution in [0.5, 0.6) is 0 Å². The molecule has 0 saturated heterocycles. The number of carbonyl (C=O) groups excluding carboxylic acids is 1. The lowest BCUT2D eigenvalue weighted by Crippen LogP contribution is -2.45. The van der Waals surface area contributed by atoms with Gasteiger partial charge in [0.15, 0.2) is 0 Å². The fourth-order valence-corrected chi connectivity index (χ4v) is 3.22. The lowest BCUT2D eigenvalue weighted by molar-refractivity contribution is -0.134. The first-order chi connectivity index (χ1) is 7.68. The summed E-state index contributed by atoms with van der Waals surface area (Å²) in [6.07, 6.45) is 9.13. The number of carbonyl (C=O) groups is 1. The minimum atomic E-state index is 0.170. The monoisotopic (exact) mass is 243 g/mol. The van der Waals surface area contributed by atoms with Gasteiger partial charge in [-0.15, -0.1) is 11.6 Å². The second-order valence-electron chi connectivity index (χ2n) is 5.37. The standard InChI is InChI=1S/C13H22ClNO/c1-15(12-8-3-2-7-11(12)14)13(16)9-10-5-4-6-10/h10-12H,2-9H2,1H3. The third-order valence-electron chi connectivity index (χ3n) is 4.23. The van der Waals surface area contributed by atoms with Crippen LogP contribution in [0.15, 0.2) is 0 Å². The molecule has 0 aromatic carbocycles. The second kappa shape index (κ2) is 5.39. The van der Waals surface area contributed by atoms with Crippen LogP contribution in [0, 0.1) is 5.92 Å². The SMILES string of the molecule is CN(C(=O)CC1CCC1)C1CCCCC1Cl. The van der Waals surface area contributed by atoms with E-state index in [2.05, 4.69) is 0 Å². The molecule has 2 fully saturated rings. The van der Waals surface area contributed by atoms with Gasteiger partial charge in [-0.1, -0.05) is 19.3 Å². The molecule has 0 aromatic rings. The first-order valence-corrected chi connectivity index (χ1v) is 7.02. The van der Waals surface area contributed by atoms with Crippen molar-refractivity contribution in [2.24, 2.45) is 5.92 Å². The van der Waals surface area contributed by atoms with E-state index in [0.717, 1.165) is 19.3 Å². The fourth-order valence-electron chi connectivity index (χ4n) is 2.78. The number of halogens is 1. The topological polar surface area (TPSA) is 20.3 Å². The Kier molecular flexibility index (Phi) is 4.12. The van der Waals surface area contributed by atoms with Gasteiger partial charge in [0.25, 0.3) is 0 Å². The van der Waals surface area contributed by atoms with E-state index in [9.17, 15) is 4.79 Å². The molecule has 0 aliphatic heterocycles. The highest BCUT2D eigenvalue weighted by Crippen LogP contribution is 2.31. The van der Waals surface area contributed by atoms with Crippen LogP contribution >= 0.6 is 11.6 Å². The Balaban J connectivity index is 1.84. The first kappa shape index (κ1) is 12.2. The van der Waals surface area contributed by atoms with Crippen LogP contribution < -0.4 is 0 Å². The molecule has 16 heavy (non-hydrogen) atoms. The molecule has 0 heterocycles. The van der Waals surface area contributed by atoms with Crippen molar-refractivity contribution in [3.05, 3.63) is 0 Å². The van der Waals surface area contributed by atoms with Crippen molar-refractivity contribution in [3.8, 4) is 0 Å². The van der Waals surface area contributed by atoms with Crippen molar-refractivity contribution in [1.29, 1.82) is 0 Å². The largest absolute Gasteiger partial charge is 0.341 e. The minimum Gasteiger partial charge on any atom is -0.341 e. The molecule has 0 aromatic heterocycles. The zero-order valence-electron chi connectivity index (χ0n) is 10.1. The molecule has 2 aliphatic carbocycles. The summed E-state index contributed by atoms with van der Waals surface area (Å²) in [5.41, 5.74) is 0. The van der Waals surface area contributed by atoms with E-state index in [4.69, 9.17) is 11.6 Å². The van der Waals surface area contributed by atoms with Crippen molar-refractivity contribution in [1.82, 2.24) is 4.90 Å². The van der Waals surface area contributed by atoms with E-state index in [0.29, 0.717) is 11.8 Å². The van der Waals surface area contributed by atoms with E-state index in [-0.39, 0.29) is 11.4 Å². The Hall–Kier alpha value is -0.240. The highest BCUT2D eigenvalue weighted by atomic mass is 35.5. The predicted octanol–water partition coefficient (Wildman–Crippen LogP) is 3.19. The van der Waals surface area contributed by atoms with Crippen molar-refractivity contribution < 1.29 is 4.79 Å². The van der Waals surface area contributed by atoms with E-state index in [1.165, 1.54) is 32.1 Å². The average Bonchev–Trinajstić information content (AvgIpc) is 2.23. The Bertz CT molecular complexity index is 252. The molecular formula is C13H22ClNO. The highest BCUT2D eigenvalue weighted by molar-refractivity contribution is 6.21. The molecule has 2 unspecified atom stereocenters. The quantitative estimate of drug-likeness (QED) is 0.698. The Morgan fingerprint density at radius 1 is 1.19 bits per heavy atom. The van der Waals surface area contributed by atoms with E-state index >= 15 is 0 Å². The maximum Gasteiger partial charge on any atom is 0.222 e. The van der Waals surface area contributed by atoms with Crippen LogP contribution in [0.1, 0.15) is 51.4 Å². The van der Waals surface area contributed by atoms with Gasteiger partial charge in [0, 0.05) is 19.5 Å². The van der Waals surface area contributed by atoms with Crippen LogP contribution in [-0.2, 0) is 4.79 Å². The van der Waals surface area contributed by atoms with Crippen LogP contribution in [0.3, 0.4) is 0 Å². The van der Waals surface area contributed by atoms with Crippen LogP contribution in [0.4, 0.5) is 0 Å². The molecule has 0 bridgehead atoms. The summed E-state index contributed by atoms with van der Waals surface area (Å²) in [5, 5.41) is 0.170. The molecule has 2 aliphatic rings. The van der Waals surface area contributed by atoms with Crippen LogP contribution in [-0.4, -0.2) is 29.3 Å². The summed E-state index contributed by atoms with van der Waals surface area (Å²) in [4.78, 5) is 14.0. The average molecular weight is 244 g/mol.